The summed E-state index contributed by atoms with van der Waals surface area (Å²) in [6.07, 6.45) is -7.22. The number of carbonyl (C=O) groups excluding carboxylic acids is 8. The number of hydrogen-bond acceptors (Lipinski definition) is 8. The van der Waals surface area contributed by atoms with Crippen molar-refractivity contribution in [3.05, 3.63) is 139 Å². The van der Waals surface area contributed by atoms with Crippen molar-refractivity contribution in [2.24, 2.45) is 0 Å². The van der Waals surface area contributed by atoms with Crippen LogP contribution in [0, 0.1) is 20.8 Å². The number of nitrogens with zero attached hydrogens (tertiary/aromatic N) is 4. The molecule has 21 heteroatoms. The van der Waals surface area contributed by atoms with Crippen LogP contribution in [0.25, 0.3) is 86.2 Å². The number of unbranched alkanes of at least 4 members (excludes halogenated alkanes) is 4. The molecule has 0 fully saturated rings. The molecule has 4 unspecified atom stereocenters. The SMILES string of the molecule is CCCCC(C)N1C(=O)c2cc(C)c3c4c(C)cc5c6c(cc(C(F)(F)F)c(c7c(C(F)(F)F)cc(c2c37)C1=O)c64)C(=O)N(C(C)CCCC)C5=O.CCCCC(C)N1C(=O)c2ccc3c4c(C)cc5c6c(cc(C(F)(F)F)c(c7ccc(c2c37)C1=O)c64)C(=O)N(C(C)CCCC)C5=O. The van der Waals surface area contributed by atoms with E-state index in [0.29, 0.717) is 88.9 Å². The molecule has 514 valence electrons. The Kier molecular flexibility index (Phi) is 16.5. The van der Waals surface area contributed by atoms with E-state index in [0.717, 1.165) is 59.3 Å². The Hall–Kier alpha value is -9.27. The number of imide groups is 4. The maximum atomic E-state index is 15.4. The Balaban J connectivity index is 0.000000179. The summed E-state index contributed by atoms with van der Waals surface area (Å²) in [6, 6.07) is 10.9. The van der Waals surface area contributed by atoms with Crippen molar-refractivity contribution in [1.29, 1.82) is 0 Å². The molecule has 0 aliphatic carbocycles. The summed E-state index contributed by atoms with van der Waals surface area (Å²) in [5, 5.41) is -0.0259. The molecule has 10 aromatic rings. The van der Waals surface area contributed by atoms with Gasteiger partial charge in [0.05, 0.1) is 16.7 Å². The highest BCUT2D eigenvalue weighted by molar-refractivity contribution is 6.45. The molecule has 0 radical (unpaired) electrons. The number of amides is 8. The minimum Gasteiger partial charge on any atom is -0.272 e. The third-order valence-corrected chi connectivity index (χ3v) is 21.2. The van der Waals surface area contributed by atoms with Crippen LogP contribution in [0.4, 0.5) is 39.5 Å². The number of halogens is 9. The highest BCUT2D eigenvalue weighted by atomic mass is 19.4. The Morgan fingerprint density at radius 1 is 0.283 bits per heavy atom. The van der Waals surface area contributed by atoms with Crippen LogP contribution in [0.2, 0.25) is 0 Å². The Labute approximate surface area is 563 Å². The Morgan fingerprint density at radius 3 is 0.798 bits per heavy atom. The molecule has 0 saturated carbocycles. The summed E-state index contributed by atoms with van der Waals surface area (Å²) in [6.45, 7) is 19.6. The molecule has 0 spiro atoms. The first kappa shape index (κ1) is 68.3. The first-order chi connectivity index (χ1) is 46.7. The molecule has 99 heavy (non-hydrogen) atoms. The van der Waals surface area contributed by atoms with Gasteiger partial charge in [-0.2, -0.15) is 39.5 Å². The van der Waals surface area contributed by atoms with Gasteiger partial charge in [0.15, 0.2) is 0 Å². The largest absolute Gasteiger partial charge is 0.417 e. The van der Waals surface area contributed by atoms with Crippen LogP contribution in [0.15, 0.2) is 60.7 Å². The van der Waals surface area contributed by atoms with Crippen LogP contribution in [0.1, 0.15) is 249 Å². The first-order valence-corrected chi connectivity index (χ1v) is 34.0. The zero-order chi connectivity index (χ0) is 71.6. The van der Waals surface area contributed by atoms with Gasteiger partial charge in [0, 0.05) is 106 Å². The van der Waals surface area contributed by atoms with E-state index in [1.165, 1.54) is 29.2 Å². The summed E-state index contributed by atoms with van der Waals surface area (Å²) in [4.78, 5) is 116. The van der Waals surface area contributed by atoms with E-state index in [1.807, 2.05) is 34.6 Å². The summed E-state index contributed by atoms with van der Waals surface area (Å²) < 4.78 is 138. The molecular formula is C78H71F9N4O8. The van der Waals surface area contributed by atoms with Crippen molar-refractivity contribution >= 4 is 133 Å². The molecule has 10 aromatic carbocycles. The number of rotatable bonds is 16. The molecule has 0 bridgehead atoms. The smallest absolute Gasteiger partial charge is 0.272 e. The van der Waals surface area contributed by atoms with E-state index in [1.54, 1.807) is 59.7 Å². The number of fused-ring (bicyclic) bond motifs is 4. The van der Waals surface area contributed by atoms with Crippen LogP contribution in [-0.4, -0.2) is 91.0 Å². The number of alkyl halides is 9. The molecule has 8 amide bonds. The van der Waals surface area contributed by atoms with Crippen molar-refractivity contribution in [2.45, 2.75) is 196 Å². The standard InChI is InChI=1S/C40H36F6N2O4.C38H35F3N2O4/c1-7-9-11-19(5)47-35(49)21-13-17(3)27-28-18(4)14-22-30-24(38(52)48(36(22)50)20(6)12-10-8-2)16-26(40(44,45)46)32(34(28)30)31-25(39(41,42)43)15-23(37(47)51)29(21)33(27)31;1-6-8-10-19(4)42-34(44)23-14-12-21-28-18(3)16-25-31-26(37(47)43(36(25)46)20(5)11-9-7-2)17-27(38(39,40)41)32(33(28)31)22-13-15-24(35(42)45)30(23)29(21)22/h13-16,19-20H,7-12H2,1-6H3;12-17,19-20H,6-11H2,1-5H3. The molecule has 4 heterocycles. The predicted octanol–water partition coefficient (Wildman–Crippen LogP) is 20.2. The second-order valence-electron chi connectivity index (χ2n) is 27.6. The normalized spacial score (nSPS) is 16.5. The van der Waals surface area contributed by atoms with Gasteiger partial charge in [0.25, 0.3) is 47.3 Å². The van der Waals surface area contributed by atoms with Crippen LogP contribution in [0.3, 0.4) is 0 Å². The molecule has 12 nitrogen and oxygen atoms in total. The quantitative estimate of drug-likeness (QED) is 0.0402. The lowest BCUT2D eigenvalue weighted by Crippen LogP contribution is -2.46. The lowest BCUT2D eigenvalue weighted by Gasteiger charge is -2.35. The van der Waals surface area contributed by atoms with Gasteiger partial charge in [0.2, 0.25) is 0 Å². The van der Waals surface area contributed by atoms with E-state index in [-0.39, 0.29) is 93.3 Å². The van der Waals surface area contributed by atoms with Crippen molar-refractivity contribution in [2.75, 3.05) is 0 Å². The third kappa shape index (κ3) is 9.97. The number of benzene rings is 10. The predicted molar refractivity (Wildman–Crippen MR) is 362 cm³/mol. The second kappa shape index (κ2) is 24.0. The van der Waals surface area contributed by atoms with E-state index in [4.69, 9.17) is 0 Å². The van der Waals surface area contributed by atoms with E-state index in [2.05, 4.69) is 0 Å². The van der Waals surface area contributed by atoms with Gasteiger partial charge in [-0.25, -0.2) is 0 Å². The van der Waals surface area contributed by atoms with Crippen molar-refractivity contribution < 1.29 is 77.9 Å². The fourth-order valence-corrected chi connectivity index (χ4v) is 16.6. The summed E-state index contributed by atoms with van der Waals surface area (Å²) in [5.74, 6) is -5.56. The van der Waals surface area contributed by atoms with Crippen LogP contribution >= 0.6 is 0 Å². The average Bonchev–Trinajstić information content (AvgIpc) is 0.679. The summed E-state index contributed by atoms with van der Waals surface area (Å²) in [7, 11) is 0. The van der Waals surface area contributed by atoms with E-state index < -0.39 is 123 Å². The molecular weight excluding hydrogens is 1290 g/mol. The van der Waals surface area contributed by atoms with Gasteiger partial charge in [-0.3, -0.25) is 58.0 Å². The van der Waals surface area contributed by atoms with Gasteiger partial charge in [0.1, 0.15) is 0 Å². The minimum absolute atomic E-state index is 0.0773. The monoisotopic (exact) mass is 1360 g/mol. The molecule has 0 aromatic heterocycles. The Bertz CT molecular complexity index is 5070. The van der Waals surface area contributed by atoms with Crippen molar-refractivity contribution in [1.82, 2.24) is 19.6 Å². The maximum Gasteiger partial charge on any atom is 0.417 e. The molecule has 4 atom stereocenters. The fourth-order valence-electron chi connectivity index (χ4n) is 16.6. The Morgan fingerprint density at radius 2 is 0.515 bits per heavy atom. The third-order valence-electron chi connectivity index (χ3n) is 21.2. The lowest BCUT2D eigenvalue weighted by molar-refractivity contribution is -0.138. The molecule has 0 saturated heterocycles. The van der Waals surface area contributed by atoms with Gasteiger partial charge < -0.3 is 0 Å². The number of aryl methyl sites for hydroxylation is 3. The average molecular weight is 1360 g/mol. The van der Waals surface area contributed by atoms with Crippen LogP contribution in [-0.2, 0) is 18.5 Å². The molecule has 0 N–H and O–H groups in total. The van der Waals surface area contributed by atoms with Gasteiger partial charge in [-0.15, -0.1) is 0 Å². The molecule has 14 rings (SSSR count). The van der Waals surface area contributed by atoms with Crippen molar-refractivity contribution in [3.63, 3.8) is 0 Å². The fraction of sp³-hybridized carbons (Fsp3) is 0.385. The van der Waals surface area contributed by atoms with E-state index in [9.17, 15) is 38.4 Å². The highest BCUT2D eigenvalue weighted by Gasteiger charge is 2.49. The topological polar surface area (TPSA) is 150 Å². The first-order valence-electron chi connectivity index (χ1n) is 34.0. The van der Waals surface area contributed by atoms with Crippen molar-refractivity contribution in [3.8, 4) is 0 Å². The van der Waals surface area contributed by atoms with Crippen LogP contribution in [0.5, 0.6) is 0 Å². The zero-order valence-electron chi connectivity index (χ0n) is 56.5. The number of hydrogen-bond donors (Lipinski definition) is 0. The van der Waals surface area contributed by atoms with Gasteiger partial charge in [-0.1, -0.05) is 91.2 Å². The van der Waals surface area contributed by atoms with Crippen LogP contribution < -0.4 is 0 Å². The van der Waals surface area contributed by atoms with E-state index >= 15 is 39.5 Å². The summed E-state index contributed by atoms with van der Waals surface area (Å²) in [5.41, 5.74) is -3.20. The number of carbonyl (C=O) groups is 8. The van der Waals surface area contributed by atoms with Gasteiger partial charge in [-0.05, 0) is 188 Å². The molecule has 4 aliphatic heterocycles. The molecule has 4 aliphatic rings. The minimum atomic E-state index is -5.26. The summed E-state index contributed by atoms with van der Waals surface area (Å²) >= 11 is 0. The second-order valence-corrected chi connectivity index (χ2v) is 27.6. The maximum absolute atomic E-state index is 15.4. The lowest BCUT2D eigenvalue weighted by atomic mass is 9.76. The zero-order valence-corrected chi connectivity index (χ0v) is 56.5. The highest BCUT2D eigenvalue weighted by Crippen LogP contribution is 2.56. The van der Waals surface area contributed by atoms with Gasteiger partial charge >= 0.3 is 18.5 Å².